The molecule has 1 heterocycles. The van der Waals surface area contributed by atoms with Gasteiger partial charge in [0.15, 0.2) is 0 Å². The molecule has 4 nitrogen and oxygen atoms in total. The molecule has 4 heteroatoms. The second-order valence-electron chi connectivity index (χ2n) is 8.38. The predicted octanol–water partition coefficient (Wildman–Crippen LogP) is 6.35. The Hall–Kier alpha value is -2.49. The van der Waals surface area contributed by atoms with Gasteiger partial charge in [-0.3, -0.25) is 4.99 Å². The van der Waals surface area contributed by atoms with Gasteiger partial charge in [0.05, 0.1) is 13.7 Å². The minimum Gasteiger partial charge on any atom is -0.496 e. The Labute approximate surface area is 175 Å². The van der Waals surface area contributed by atoms with Crippen LogP contribution in [0, 0.1) is 0 Å². The quantitative estimate of drug-likeness (QED) is 0.513. The second kappa shape index (κ2) is 8.89. The zero-order chi connectivity index (χ0) is 21.0. The number of rotatable bonds is 7. The number of aliphatic imine (C=N–C) groups is 1. The lowest BCUT2D eigenvalue weighted by atomic mass is 9.79. The van der Waals surface area contributed by atoms with E-state index in [2.05, 4.69) is 44.7 Å². The van der Waals surface area contributed by atoms with Gasteiger partial charge < -0.3 is 14.4 Å². The average Bonchev–Trinajstić information content (AvgIpc) is 2.70. The van der Waals surface area contributed by atoms with Gasteiger partial charge in [0, 0.05) is 35.6 Å². The maximum atomic E-state index is 5.76. The van der Waals surface area contributed by atoms with E-state index in [-0.39, 0.29) is 5.54 Å². The second-order valence-corrected chi connectivity index (χ2v) is 8.38. The van der Waals surface area contributed by atoms with Crippen LogP contribution in [-0.4, -0.2) is 32.0 Å². The third kappa shape index (κ3) is 4.42. The molecule has 0 saturated heterocycles. The number of ether oxygens (including phenoxy) is 2. The summed E-state index contributed by atoms with van der Waals surface area (Å²) in [4.78, 5) is 7.26. The molecular weight excluding hydrogens is 360 g/mol. The molecule has 0 radical (unpaired) electrons. The summed E-state index contributed by atoms with van der Waals surface area (Å²) >= 11 is 0. The molecule has 3 rings (SSSR count). The lowest BCUT2D eigenvalue weighted by Crippen LogP contribution is -2.48. The minimum absolute atomic E-state index is 0.138. The van der Waals surface area contributed by atoms with Gasteiger partial charge in [0.2, 0.25) is 0 Å². The van der Waals surface area contributed by atoms with Crippen LogP contribution in [0.3, 0.4) is 0 Å². The van der Waals surface area contributed by atoms with E-state index in [1.807, 2.05) is 37.4 Å². The molecule has 0 aliphatic carbocycles. The fourth-order valence-electron chi connectivity index (χ4n) is 4.43. The first kappa shape index (κ1) is 21.2. The van der Waals surface area contributed by atoms with E-state index in [0.717, 1.165) is 42.1 Å². The minimum atomic E-state index is 0.138. The maximum absolute atomic E-state index is 5.76. The number of para-hydroxylation sites is 2. The highest BCUT2D eigenvalue weighted by atomic mass is 16.5. The van der Waals surface area contributed by atoms with Gasteiger partial charge >= 0.3 is 0 Å². The molecule has 0 spiro atoms. The Morgan fingerprint density at radius 2 is 1.93 bits per heavy atom. The standard InChI is InChI=1S/C25H34N2O2/c1-7-13-27-22-15-24(28-6)19(14-20(22)18(3)16-25(27,4)5)17-26-21-11-9-10-12-23(21)29-8-2/h9-12,14-15,17-18H,7-8,13,16H2,1-6H3. The van der Waals surface area contributed by atoms with Crippen LogP contribution >= 0.6 is 0 Å². The van der Waals surface area contributed by atoms with Crippen LogP contribution in [0.15, 0.2) is 41.4 Å². The highest BCUT2D eigenvalue weighted by Gasteiger charge is 2.36. The van der Waals surface area contributed by atoms with Crippen molar-refractivity contribution in [3.8, 4) is 11.5 Å². The van der Waals surface area contributed by atoms with Crippen molar-refractivity contribution >= 4 is 17.6 Å². The lowest BCUT2D eigenvalue weighted by molar-refractivity contribution is 0.341. The van der Waals surface area contributed by atoms with Gasteiger partial charge in [-0.1, -0.05) is 26.0 Å². The Kier molecular flexibility index (Phi) is 6.51. The van der Waals surface area contributed by atoms with Crippen LogP contribution in [0.1, 0.15) is 64.5 Å². The molecule has 29 heavy (non-hydrogen) atoms. The largest absolute Gasteiger partial charge is 0.496 e. The highest BCUT2D eigenvalue weighted by molar-refractivity contribution is 5.88. The molecular formula is C25H34N2O2. The highest BCUT2D eigenvalue weighted by Crippen LogP contribution is 2.45. The summed E-state index contributed by atoms with van der Waals surface area (Å²) in [5.74, 6) is 2.14. The first-order valence-electron chi connectivity index (χ1n) is 10.7. The van der Waals surface area contributed by atoms with Crippen molar-refractivity contribution < 1.29 is 9.47 Å². The average molecular weight is 395 g/mol. The Morgan fingerprint density at radius 3 is 2.62 bits per heavy atom. The molecule has 1 unspecified atom stereocenters. The summed E-state index contributed by atoms with van der Waals surface area (Å²) in [5.41, 5.74) is 4.63. The Balaban J connectivity index is 2.03. The van der Waals surface area contributed by atoms with Gasteiger partial charge in [-0.2, -0.15) is 0 Å². The number of hydrogen-bond donors (Lipinski definition) is 0. The van der Waals surface area contributed by atoms with Crippen molar-refractivity contribution in [2.75, 3.05) is 25.2 Å². The Morgan fingerprint density at radius 1 is 1.17 bits per heavy atom. The van der Waals surface area contributed by atoms with Gasteiger partial charge in [0.1, 0.15) is 17.2 Å². The van der Waals surface area contributed by atoms with E-state index < -0.39 is 0 Å². The molecule has 1 aliphatic rings. The van der Waals surface area contributed by atoms with Crippen molar-refractivity contribution in [3.63, 3.8) is 0 Å². The summed E-state index contributed by atoms with van der Waals surface area (Å²) in [7, 11) is 1.73. The lowest BCUT2D eigenvalue weighted by Gasteiger charge is -2.47. The Bertz CT molecular complexity index is 873. The van der Waals surface area contributed by atoms with Gasteiger partial charge in [-0.05, 0) is 63.3 Å². The number of hydrogen-bond acceptors (Lipinski definition) is 4. The van der Waals surface area contributed by atoms with Gasteiger partial charge in [-0.25, -0.2) is 0 Å². The number of anilines is 1. The monoisotopic (exact) mass is 394 g/mol. The summed E-state index contributed by atoms with van der Waals surface area (Å²) in [6, 6.07) is 12.3. The molecule has 0 aromatic heterocycles. The number of fused-ring (bicyclic) bond motifs is 1. The number of nitrogens with zero attached hydrogens (tertiary/aromatic N) is 2. The van der Waals surface area contributed by atoms with Crippen LogP contribution in [0.25, 0.3) is 0 Å². The van der Waals surface area contributed by atoms with Gasteiger partial charge in [-0.15, -0.1) is 0 Å². The smallest absolute Gasteiger partial charge is 0.144 e. The van der Waals surface area contributed by atoms with E-state index in [0.29, 0.717) is 12.5 Å². The van der Waals surface area contributed by atoms with E-state index >= 15 is 0 Å². The molecule has 0 fully saturated rings. The van der Waals surface area contributed by atoms with Crippen LogP contribution in [0.5, 0.6) is 11.5 Å². The van der Waals surface area contributed by atoms with Crippen LogP contribution in [0.4, 0.5) is 11.4 Å². The third-order valence-electron chi connectivity index (χ3n) is 5.69. The van der Waals surface area contributed by atoms with Crippen molar-refractivity contribution in [2.45, 2.75) is 58.9 Å². The third-order valence-corrected chi connectivity index (χ3v) is 5.69. The first-order chi connectivity index (χ1) is 13.9. The normalized spacial score (nSPS) is 18.0. The van der Waals surface area contributed by atoms with Crippen molar-refractivity contribution in [3.05, 3.63) is 47.5 Å². The van der Waals surface area contributed by atoms with Crippen LogP contribution < -0.4 is 14.4 Å². The zero-order valence-corrected chi connectivity index (χ0v) is 18.7. The number of benzene rings is 2. The van der Waals surface area contributed by atoms with E-state index in [4.69, 9.17) is 14.5 Å². The molecule has 0 bridgehead atoms. The fourth-order valence-corrected chi connectivity index (χ4v) is 4.43. The van der Waals surface area contributed by atoms with Crippen molar-refractivity contribution in [2.24, 2.45) is 4.99 Å². The first-order valence-corrected chi connectivity index (χ1v) is 10.7. The molecule has 1 aliphatic heterocycles. The zero-order valence-electron chi connectivity index (χ0n) is 18.7. The summed E-state index contributed by atoms with van der Waals surface area (Å²) in [5, 5.41) is 0. The molecule has 0 amide bonds. The van der Waals surface area contributed by atoms with E-state index in [1.165, 1.54) is 11.3 Å². The SMILES string of the molecule is CCCN1c2cc(OC)c(C=Nc3ccccc3OCC)cc2C(C)CC1(C)C. The van der Waals surface area contributed by atoms with Crippen LogP contribution in [0.2, 0.25) is 0 Å². The summed E-state index contributed by atoms with van der Waals surface area (Å²) < 4.78 is 11.5. The molecule has 2 aromatic rings. The van der Waals surface area contributed by atoms with E-state index in [9.17, 15) is 0 Å². The fraction of sp³-hybridized carbons (Fsp3) is 0.480. The number of methoxy groups -OCH3 is 1. The van der Waals surface area contributed by atoms with Crippen molar-refractivity contribution in [1.29, 1.82) is 0 Å². The molecule has 0 N–H and O–H groups in total. The maximum Gasteiger partial charge on any atom is 0.144 e. The summed E-state index contributed by atoms with van der Waals surface area (Å²) in [6.07, 6.45) is 4.15. The molecule has 2 aromatic carbocycles. The van der Waals surface area contributed by atoms with Gasteiger partial charge in [0.25, 0.3) is 0 Å². The van der Waals surface area contributed by atoms with E-state index in [1.54, 1.807) is 7.11 Å². The molecule has 0 saturated carbocycles. The molecule has 156 valence electrons. The molecule has 1 atom stereocenters. The van der Waals surface area contributed by atoms with Crippen molar-refractivity contribution in [1.82, 2.24) is 0 Å². The topological polar surface area (TPSA) is 34.1 Å². The summed E-state index contributed by atoms with van der Waals surface area (Å²) in [6.45, 7) is 12.9. The predicted molar refractivity (Wildman–Crippen MR) is 123 cm³/mol. The van der Waals surface area contributed by atoms with Crippen LogP contribution in [-0.2, 0) is 0 Å².